The summed E-state index contributed by atoms with van der Waals surface area (Å²) in [5.74, 6) is -0.311. The molecule has 0 aromatic heterocycles. The second-order valence-corrected chi connectivity index (χ2v) is 2.65. The lowest BCUT2D eigenvalue weighted by Gasteiger charge is -1.91. The van der Waals surface area contributed by atoms with Gasteiger partial charge in [-0.15, -0.1) is 0 Å². The minimum absolute atomic E-state index is 0.0915. The number of hydrogen-bond donors (Lipinski definition) is 0. The molecule has 1 rings (SSSR count). The fourth-order valence-corrected chi connectivity index (χ4v) is 0.837. The number of rotatable bonds is 2. The van der Waals surface area contributed by atoms with Crippen molar-refractivity contribution >= 4 is 23.1 Å². The third-order valence-corrected chi connectivity index (χ3v) is 1.69. The molecule has 0 saturated heterocycles. The molecular weight excluding hydrogens is 148 g/mol. The second kappa shape index (κ2) is 2.92. The first kappa shape index (κ1) is 7.41. The zero-order chi connectivity index (χ0) is 7.56. The Hall–Kier alpha value is -0.700. The van der Waals surface area contributed by atoms with Gasteiger partial charge in [-0.05, 0) is 13.3 Å². The van der Waals surface area contributed by atoms with Crippen LogP contribution in [0.2, 0.25) is 0 Å². The van der Waals surface area contributed by atoms with Gasteiger partial charge in [0.1, 0.15) is 0 Å². The number of thiocarbonyl (C=S) groups is 1. The summed E-state index contributed by atoms with van der Waals surface area (Å²) < 4.78 is 4.68. The summed E-state index contributed by atoms with van der Waals surface area (Å²) >= 11 is 4.77. The van der Waals surface area contributed by atoms with Crippen LogP contribution >= 0.6 is 12.2 Å². The lowest BCUT2D eigenvalue weighted by Crippen LogP contribution is -2.02. The van der Waals surface area contributed by atoms with Crippen molar-refractivity contribution in [1.29, 1.82) is 0 Å². The van der Waals surface area contributed by atoms with Crippen LogP contribution in [0.5, 0.6) is 0 Å². The highest BCUT2D eigenvalue weighted by Gasteiger charge is 2.38. The number of carbonyl (C=O) groups is 1. The van der Waals surface area contributed by atoms with Crippen LogP contribution < -0.4 is 0 Å². The summed E-state index contributed by atoms with van der Waals surface area (Å²) in [5.41, 5.74) is 0. The maximum atomic E-state index is 10.8. The monoisotopic (exact) mass is 156 g/mol. The number of ether oxygens (including phenoxy) is 1. The fraction of sp³-hybridized carbons (Fsp3) is 0.429. The highest BCUT2D eigenvalue weighted by Crippen LogP contribution is 2.27. The molecule has 1 aliphatic rings. The first-order valence-electron chi connectivity index (χ1n) is 3.10. The largest absolute Gasteiger partial charge is 0.434 e. The first-order valence-corrected chi connectivity index (χ1v) is 3.51. The third-order valence-electron chi connectivity index (χ3n) is 1.24. The predicted molar refractivity (Wildman–Crippen MR) is 41.6 cm³/mol. The average molecular weight is 156 g/mol. The highest BCUT2D eigenvalue weighted by molar-refractivity contribution is 7.81. The molecule has 0 N–H and O–H groups in total. The van der Waals surface area contributed by atoms with E-state index >= 15 is 0 Å². The van der Waals surface area contributed by atoms with E-state index in [1.807, 2.05) is 0 Å². The van der Waals surface area contributed by atoms with Gasteiger partial charge in [-0.3, -0.25) is 4.79 Å². The number of carbonyl (C=O) groups excluding carboxylic acids is 1. The number of allylic oxidation sites excluding steroid dienone is 1. The molecule has 0 aromatic rings. The van der Waals surface area contributed by atoms with Crippen molar-refractivity contribution in [3.05, 3.63) is 12.3 Å². The molecule has 3 heteroatoms. The maximum absolute atomic E-state index is 10.8. The molecule has 10 heavy (non-hydrogen) atoms. The summed E-state index contributed by atoms with van der Waals surface area (Å²) in [5, 5.41) is 0. The molecule has 1 atom stereocenters. The summed E-state index contributed by atoms with van der Waals surface area (Å²) in [4.78, 5) is 11.6. The molecule has 1 fully saturated rings. The Kier molecular flexibility index (Phi) is 2.17. The molecule has 0 bridgehead atoms. The van der Waals surface area contributed by atoms with Gasteiger partial charge in [0.2, 0.25) is 0 Å². The van der Waals surface area contributed by atoms with Crippen LogP contribution in [-0.4, -0.2) is 10.8 Å². The Morgan fingerprint density at radius 3 is 2.90 bits per heavy atom. The number of hydrogen-bond acceptors (Lipinski definition) is 3. The molecule has 0 aliphatic heterocycles. The summed E-state index contributed by atoms with van der Waals surface area (Å²) in [7, 11) is 0. The van der Waals surface area contributed by atoms with Crippen LogP contribution in [0, 0.1) is 5.92 Å². The van der Waals surface area contributed by atoms with Crippen molar-refractivity contribution in [3.63, 3.8) is 0 Å². The quantitative estimate of drug-likeness (QED) is 0.344. The zero-order valence-corrected chi connectivity index (χ0v) is 6.48. The summed E-state index contributed by atoms with van der Waals surface area (Å²) in [6.07, 6.45) is 3.78. The molecule has 0 aromatic carbocycles. The van der Waals surface area contributed by atoms with E-state index in [2.05, 4.69) is 4.74 Å². The maximum Gasteiger partial charge on any atom is 0.319 e. The lowest BCUT2D eigenvalue weighted by atomic mass is 10.4. The molecule has 0 spiro atoms. The molecular formula is C7H8O2S. The first-order chi connectivity index (χ1) is 4.75. The predicted octanol–water partition coefficient (Wildman–Crippen LogP) is 1.45. The molecule has 1 unspecified atom stereocenters. The molecule has 1 saturated carbocycles. The normalized spacial score (nSPS) is 23.3. The lowest BCUT2D eigenvalue weighted by molar-refractivity contribution is -0.138. The van der Waals surface area contributed by atoms with E-state index in [0.29, 0.717) is 0 Å². The van der Waals surface area contributed by atoms with Crippen molar-refractivity contribution in [2.45, 2.75) is 13.3 Å². The van der Waals surface area contributed by atoms with Gasteiger partial charge < -0.3 is 4.74 Å². The van der Waals surface area contributed by atoms with E-state index in [-0.39, 0.29) is 11.9 Å². The molecule has 2 nitrogen and oxygen atoms in total. The zero-order valence-electron chi connectivity index (χ0n) is 5.66. The Morgan fingerprint density at radius 1 is 1.90 bits per heavy atom. The molecule has 1 aliphatic carbocycles. The van der Waals surface area contributed by atoms with E-state index in [9.17, 15) is 4.79 Å². The van der Waals surface area contributed by atoms with Gasteiger partial charge in [0.15, 0.2) is 0 Å². The van der Waals surface area contributed by atoms with Gasteiger partial charge in [0.05, 0.1) is 12.2 Å². The van der Waals surface area contributed by atoms with Crippen LogP contribution in [0.25, 0.3) is 0 Å². The molecule has 54 valence electrons. The Bertz CT molecular complexity index is 196. The van der Waals surface area contributed by atoms with Crippen LogP contribution in [-0.2, 0) is 9.53 Å². The summed E-state index contributed by atoms with van der Waals surface area (Å²) in [6, 6.07) is 0. The van der Waals surface area contributed by atoms with Gasteiger partial charge in [-0.2, -0.15) is 0 Å². The van der Waals surface area contributed by atoms with E-state index in [1.54, 1.807) is 13.0 Å². The minimum atomic E-state index is -0.219. The fourth-order valence-electron chi connectivity index (χ4n) is 0.574. The van der Waals surface area contributed by atoms with Crippen molar-refractivity contribution in [2.24, 2.45) is 5.92 Å². The standard InChI is InChI=1S/C7H8O2S/c1-2-3-9-7(8)5-4-6(5)10/h2-3,5H,4H2,1H3. The van der Waals surface area contributed by atoms with Crippen molar-refractivity contribution in [3.8, 4) is 0 Å². The van der Waals surface area contributed by atoms with Gasteiger partial charge in [-0.1, -0.05) is 18.3 Å². The summed E-state index contributed by atoms with van der Waals surface area (Å²) in [6.45, 7) is 1.79. The number of esters is 1. The van der Waals surface area contributed by atoms with E-state index in [1.165, 1.54) is 6.26 Å². The van der Waals surface area contributed by atoms with Crippen LogP contribution in [0.4, 0.5) is 0 Å². The third kappa shape index (κ3) is 1.64. The van der Waals surface area contributed by atoms with E-state index < -0.39 is 0 Å². The Labute approximate surface area is 64.9 Å². The minimum Gasteiger partial charge on any atom is -0.434 e. The molecule has 0 amide bonds. The Morgan fingerprint density at radius 2 is 2.50 bits per heavy atom. The van der Waals surface area contributed by atoms with Crippen molar-refractivity contribution in [1.82, 2.24) is 0 Å². The second-order valence-electron chi connectivity index (χ2n) is 2.13. The van der Waals surface area contributed by atoms with Gasteiger partial charge in [-0.25, -0.2) is 0 Å². The van der Waals surface area contributed by atoms with Crippen LogP contribution in [0.1, 0.15) is 13.3 Å². The Balaban J connectivity index is 2.29. The topological polar surface area (TPSA) is 26.3 Å². The SMILES string of the molecule is CC=COC(=O)C1CC1=S. The van der Waals surface area contributed by atoms with E-state index in [4.69, 9.17) is 12.2 Å². The van der Waals surface area contributed by atoms with Crippen LogP contribution in [0.15, 0.2) is 12.3 Å². The van der Waals surface area contributed by atoms with Crippen LogP contribution in [0.3, 0.4) is 0 Å². The highest BCUT2D eigenvalue weighted by atomic mass is 32.1. The van der Waals surface area contributed by atoms with Crippen molar-refractivity contribution in [2.75, 3.05) is 0 Å². The smallest absolute Gasteiger partial charge is 0.319 e. The molecule has 0 radical (unpaired) electrons. The van der Waals surface area contributed by atoms with Gasteiger partial charge in [0, 0.05) is 4.86 Å². The average Bonchev–Trinajstić information content (AvgIpc) is 2.62. The van der Waals surface area contributed by atoms with Crippen molar-refractivity contribution < 1.29 is 9.53 Å². The van der Waals surface area contributed by atoms with Gasteiger partial charge in [0.25, 0.3) is 0 Å². The van der Waals surface area contributed by atoms with E-state index in [0.717, 1.165) is 11.3 Å². The van der Waals surface area contributed by atoms with Gasteiger partial charge >= 0.3 is 5.97 Å². The molecule has 0 heterocycles.